The van der Waals surface area contributed by atoms with Gasteiger partial charge in [-0.2, -0.15) is 0 Å². The molecule has 1 N–H and O–H groups in total. The first-order valence-electron chi connectivity index (χ1n) is 5.05. The third-order valence-electron chi connectivity index (χ3n) is 2.83. The van der Waals surface area contributed by atoms with Crippen molar-refractivity contribution in [2.45, 2.75) is 19.4 Å². The Hall–Kier alpha value is -1.43. The standard InChI is InChI=1S/C10H12N2O3S/c1-2-12-8(13)3-6(10(14)15)9(12)7-4-11-5-16-7/h4-6,9H,2-3H2,1H3,(H,14,15)/t6-,9-/m0/s1. The van der Waals surface area contributed by atoms with Gasteiger partial charge in [-0.15, -0.1) is 11.3 Å². The summed E-state index contributed by atoms with van der Waals surface area (Å²) in [6.45, 7) is 2.39. The summed E-state index contributed by atoms with van der Waals surface area (Å²) in [6, 6.07) is -0.345. The predicted octanol–water partition coefficient (Wildman–Crippen LogP) is 1.14. The molecule has 5 nitrogen and oxygen atoms in total. The number of aromatic nitrogens is 1. The molecule has 0 saturated carbocycles. The molecule has 16 heavy (non-hydrogen) atoms. The van der Waals surface area contributed by atoms with Gasteiger partial charge in [-0.05, 0) is 6.92 Å². The molecule has 0 unspecified atom stereocenters. The second-order valence-electron chi connectivity index (χ2n) is 3.68. The first kappa shape index (κ1) is 11.1. The largest absolute Gasteiger partial charge is 0.481 e. The van der Waals surface area contributed by atoms with Gasteiger partial charge in [-0.3, -0.25) is 14.6 Å². The van der Waals surface area contributed by atoms with Crippen molar-refractivity contribution < 1.29 is 14.7 Å². The fourth-order valence-electron chi connectivity index (χ4n) is 2.11. The number of carboxylic acids is 1. The van der Waals surface area contributed by atoms with E-state index >= 15 is 0 Å². The van der Waals surface area contributed by atoms with E-state index in [2.05, 4.69) is 4.98 Å². The average Bonchev–Trinajstić information content (AvgIpc) is 2.83. The summed E-state index contributed by atoms with van der Waals surface area (Å²) in [4.78, 5) is 29.2. The van der Waals surface area contributed by atoms with Gasteiger partial charge >= 0.3 is 5.97 Å². The lowest BCUT2D eigenvalue weighted by atomic mass is 10.00. The van der Waals surface area contributed by atoms with Crippen molar-refractivity contribution in [2.75, 3.05) is 6.54 Å². The van der Waals surface area contributed by atoms with E-state index in [9.17, 15) is 9.59 Å². The van der Waals surface area contributed by atoms with E-state index in [-0.39, 0.29) is 18.4 Å². The highest BCUT2D eigenvalue weighted by Crippen LogP contribution is 2.39. The van der Waals surface area contributed by atoms with E-state index in [1.807, 2.05) is 6.92 Å². The summed E-state index contributed by atoms with van der Waals surface area (Å²) in [5, 5.41) is 9.12. The summed E-state index contributed by atoms with van der Waals surface area (Å²) in [7, 11) is 0. The molecule has 1 aromatic rings. The molecule has 86 valence electrons. The zero-order valence-corrected chi connectivity index (χ0v) is 9.61. The molecule has 0 aromatic carbocycles. The molecule has 0 spiro atoms. The van der Waals surface area contributed by atoms with Gasteiger partial charge in [0.2, 0.25) is 5.91 Å². The number of carboxylic acid groups (broad SMARTS) is 1. The minimum atomic E-state index is -0.914. The van der Waals surface area contributed by atoms with Gasteiger partial charge in [0.05, 0.1) is 17.5 Å². The minimum absolute atomic E-state index is 0.0890. The number of aliphatic carboxylic acids is 1. The Morgan fingerprint density at radius 3 is 3.00 bits per heavy atom. The lowest BCUT2D eigenvalue weighted by molar-refractivity contribution is -0.142. The number of hydrogen-bond acceptors (Lipinski definition) is 4. The Balaban J connectivity index is 2.36. The number of carbonyl (C=O) groups is 2. The first-order valence-corrected chi connectivity index (χ1v) is 5.93. The fourth-order valence-corrected chi connectivity index (χ4v) is 2.90. The minimum Gasteiger partial charge on any atom is -0.481 e. The summed E-state index contributed by atoms with van der Waals surface area (Å²) in [5.74, 6) is -1.65. The number of carbonyl (C=O) groups excluding carboxylic acids is 1. The van der Waals surface area contributed by atoms with Crippen molar-refractivity contribution in [2.24, 2.45) is 5.92 Å². The van der Waals surface area contributed by atoms with Gasteiger partial charge in [0.25, 0.3) is 0 Å². The van der Waals surface area contributed by atoms with Gasteiger partial charge in [0.15, 0.2) is 0 Å². The van der Waals surface area contributed by atoms with Crippen LogP contribution in [0.25, 0.3) is 0 Å². The van der Waals surface area contributed by atoms with E-state index in [4.69, 9.17) is 5.11 Å². The smallest absolute Gasteiger partial charge is 0.309 e. The summed E-state index contributed by atoms with van der Waals surface area (Å²) >= 11 is 1.39. The topological polar surface area (TPSA) is 70.5 Å². The van der Waals surface area contributed by atoms with Crippen LogP contribution < -0.4 is 0 Å². The predicted molar refractivity (Wildman–Crippen MR) is 58.0 cm³/mol. The molecule has 6 heteroatoms. The van der Waals surface area contributed by atoms with Crippen molar-refractivity contribution in [3.63, 3.8) is 0 Å². The zero-order valence-electron chi connectivity index (χ0n) is 8.79. The Bertz CT molecular complexity index is 404. The van der Waals surface area contributed by atoms with Crippen LogP contribution in [0.15, 0.2) is 11.7 Å². The number of hydrogen-bond donors (Lipinski definition) is 1. The van der Waals surface area contributed by atoms with Crippen LogP contribution in [0.3, 0.4) is 0 Å². The molecule has 1 aliphatic rings. The lowest BCUT2D eigenvalue weighted by Crippen LogP contribution is -2.29. The van der Waals surface area contributed by atoms with Crippen LogP contribution in [0.1, 0.15) is 24.3 Å². The van der Waals surface area contributed by atoms with E-state index in [1.54, 1.807) is 16.6 Å². The number of rotatable bonds is 3. The van der Waals surface area contributed by atoms with E-state index in [1.165, 1.54) is 11.3 Å². The Labute approximate surface area is 96.7 Å². The summed E-state index contributed by atoms with van der Waals surface area (Å²) < 4.78 is 0. The van der Waals surface area contributed by atoms with Crippen LogP contribution >= 0.6 is 11.3 Å². The molecule has 2 atom stereocenters. The van der Waals surface area contributed by atoms with Crippen molar-refractivity contribution in [1.82, 2.24) is 9.88 Å². The van der Waals surface area contributed by atoms with Gasteiger partial charge in [-0.25, -0.2) is 0 Å². The van der Waals surface area contributed by atoms with Crippen molar-refractivity contribution >= 4 is 23.2 Å². The van der Waals surface area contributed by atoms with E-state index in [0.717, 1.165) is 4.88 Å². The van der Waals surface area contributed by atoms with Gasteiger partial charge in [0.1, 0.15) is 0 Å². The monoisotopic (exact) mass is 240 g/mol. The second kappa shape index (κ2) is 4.21. The van der Waals surface area contributed by atoms with Crippen molar-refractivity contribution in [1.29, 1.82) is 0 Å². The molecule has 1 amide bonds. The Morgan fingerprint density at radius 1 is 1.75 bits per heavy atom. The van der Waals surface area contributed by atoms with Crippen LogP contribution in [-0.2, 0) is 9.59 Å². The van der Waals surface area contributed by atoms with E-state index in [0.29, 0.717) is 6.54 Å². The summed E-state index contributed by atoms with van der Waals surface area (Å²) in [6.07, 6.45) is 1.73. The van der Waals surface area contributed by atoms with E-state index < -0.39 is 11.9 Å². The molecule has 0 aliphatic carbocycles. The lowest BCUT2D eigenvalue weighted by Gasteiger charge is -2.24. The van der Waals surface area contributed by atoms with Crippen LogP contribution in [0.4, 0.5) is 0 Å². The molecule has 1 aliphatic heterocycles. The van der Waals surface area contributed by atoms with Crippen molar-refractivity contribution in [3.05, 3.63) is 16.6 Å². The highest BCUT2D eigenvalue weighted by Gasteiger charge is 2.44. The maximum absolute atomic E-state index is 11.7. The van der Waals surface area contributed by atoms with Crippen LogP contribution in [0, 0.1) is 5.92 Å². The molecule has 0 radical (unpaired) electrons. The first-order chi connectivity index (χ1) is 7.65. The molecule has 0 bridgehead atoms. The third kappa shape index (κ3) is 1.69. The Kier molecular flexibility index (Phi) is 2.91. The third-order valence-corrected chi connectivity index (χ3v) is 3.68. The fraction of sp³-hybridized carbons (Fsp3) is 0.500. The highest BCUT2D eigenvalue weighted by molar-refractivity contribution is 7.09. The molecule has 1 fully saturated rings. The maximum atomic E-state index is 11.7. The maximum Gasteiger partial charge on any atom is 0.309 e. The summed E-state index contributed by atoms with van der Waals surface area (Å²) in [5.41, 5.74) is 1.66. The molecule has 1 aromatic heterocycles. The van der Waals surface area contributed by atoms with Gasteiger partial charge in [0, 0.05) is 24.0 Å². The highest BCUT2D eigenvalue weighted by atomic mass is 32.1. The molecular weight excluding hydrogens is 228 g/mol. The second-order valence-corrected chi connectivity index (χ2v) is 4.60. The molecule has 2 rings (SSSR count). The molecule has 2 heterocycles. The Morgan fingerprint density at radius 2 is 2.50 bits per heavy atom. The number of amides is 1. The van der Waals surface area contributed by atoms with Crippen molar-refractivity contribution in [3.8, 4) is 0 Å². The van der Waals surface area contributed by atoms with Crippen LogP contribution in [-0.4, -0.2) is 33.4 Å². The van der Waals surface area contributed by atoms with Gasteiger partial charge in [-0.1, -0.05) is 0 Å². The van der Waals surface area contributed by atoms with Crippen LogP contribution in [0.2, 0.25) is 0 Å². The number of thiazole rings is 1. The van der Waals surface area contributed by atoms with Gasteiger partial charge < -0.3 is 10.0 Å². The average molecular weight is 240 g/mol. The number of nitrogens with zero attached hydrogens (tertiary/aromatic N) is 2. The van der Waals surface area contributed by atoms with Crippen LogP contribution in [0.5, 0.6) is 0 Å². The SMILES string of the molecule is CCN1C(=O)C[C@H](C(=O)O)[C@H]1c1cncs1. The molecular formula is C10H12N2O3S. The quantitative estimate of drug-likeness (QED) is 0.860. The molecule has 1 saturated heterocycles. The normalized spacial score (nSPS) is 25.1. The zero-order chi connectivity index (χ0) is 11.7. The number of likely N-dealkylation sites (tertiary alicyclic amines) is 1.